The van der Waals surface area contributed by atoms with Crippen LogP contribution in [0.3, 0.4) is 0 Å². The van der Waals surface area contributed by atoms with Gasteiger partial charge in [0.05, 0.1) is 31.6 Å². The van der Waals surface area contributed by atoms with Crippen molar-refractivity contribution in [1.29, 1.82) is 0 Å². The Morgan fingerprint density at radius 2 is 1.32 bits per heavy atom. The molecule has 2 aromatic carbocycles. The molecule has 2 rings (SSSR count). The number of hydrogen-bond donors (Lipinski definition) is 12. The van der Waals surface area contributed by atoms with Crippen molar-refractivity contribution < 1.29 is 58.6 Å². The molecule has 0 saturated carbocycles. The molecule has 7 unspecified atom stereocenters. The molecule has 0 bridgehead atoms. The van der Waals surface area contributed by atoms with Crippen molar-refractivity contribution >= 4 is 54.4 Å². The minimum Gasteiger partial charge on any atom is -0.426 e. The first kappa shape index (κ1) is 50.2. The zero-order valence-corrected chi connectivity index (χ0v) is 34.1. The molecule has 0 aliphatic rings. The van der Waals surface area contributed by atoms with E-state index in [1.807, 2.05) is 12.1 Å². The number of hydrogen-bond acceptors (Lipinski definition) is 13. The second-order valence-corrected chi connectivity index (χ2v) is 14.2. The van der Waals surface area contributed by atoms with Gasteiger partial charge in [-0.2, -0.15) is 0 Å². The number of primary amides is 1. The first-order valence-corrected chi connectivity index (χ1v) is 19.1. The number of rotatable bonds is 23. The highest BCUT2D eigenvalue weighted by Crippen LogP contribution is 2.21. The lowest BCUT2D eigenvalue weighted by Crippen LogP contribution is -2.62. The summed E-state index contributed by atoms with van der Waals surface area (Å²) in [6.07, 6.45) is -0.990. The highest BCUT2D eigenvalue weighted by atomic mass is 16.4. The summed E-state index contributed by atoms with van der Waals surface area (Å²) in [5, 5.41) is 52.0. The first-order chi connectivity index (χ1) is 28.2. The lowest BCUT2D eigenvalue weighted by Gasteiger charge is -2.30. The Hall–Kier alpha value is -5.94. The van der Waals surface area contributed by atoms with E-state index in [1.165, 1.54) is 19.4 Å². The molecule has 2 aromatic rings. The van der Waals surface area contributed by atoms with E-state index < -0.39 is 116 Å². The van der Waals surface area contributed by atoms with Crippen LogP contribution in [0.15, 0.2) is 48.5 Å². The van der Waals surface area contributed by atoms with E-state index in [1.54, 1.807) is 24.3 Å². The van der Waals surface area contributed by atoms with Crippen molar-refractivity contribution in [3.8, 4) is 11.1 Å². The average Bonchev–Trinajstić information content (AvgIpc) is 3.20. The fourth-order valence-electron chi connectivity index (χ4n) is 5.56. The Bertz CT molecular complexity index is 1810. The molecule has 60 heavy (non-hydrogen) atoms. The normalized spacial score (nSPS) is 14.4. The van der Waals surface area contributed by atoms with Gasteiger partial charge in [0.2, 0.25) is 35.4 Å². The number of unbranched alkanes of at least 4 members (excludes halogenated alkanes) is 1. The van der Waals surface area contributed by atoms with Gasteiger partial charge in [-0.25, -0.2) is 0 Å². The molecule has 0 radical (unpaired) electrons. The van der Waals surface area contributed by atoms with Crippen LogP contribution in [0.4, 0.5) is 0 Å². The van der Waals surface area contributed by atoms with Gasteiger partial charge in [0.15, 0.2) is 6.17 Å². The molecular formula is C38H56BN9O12. The highest BCUT2D eigenvalue weighted by molar-refractivity contribution is 6.43. The third kappa shape index (κ3) is 15.7. The van der Waals surface area contributed by atoms with E-state index in [0.29, 0.717) is 0 Å². The Kier molecular flexibility index (Phi) is 20.3. The van der Waals surface area contributed by atoms with Crippen LogP contribution in [0.2, 0.25) is 0 Å². The maximum Gasteiger partial charge on any atom is 0.475 e. The third-order valence-corrected chi connectivity index (χ3v) is 9.20. The van der Waals surface area contributed by atoms with Crippen molar-refractivity contribution in [3.05, 3.63) is 59.7 Å². The summed E-state index contributed by atoms with van der Waals surface area (Å²) in [4.78, 5) is 102. The minimum atomic E-state index is -1.97. The molecule has 0 heterocycles. The van der Waals surface area contributed by atoms with Gasteiger partial charge in [-0.3, -0.25) is 38.4 Å². The lowest BCUT2D eigenvalue weighted by molar-refractivity contribution is -0.144. The van der Waals surface area contributed by atoms with Crippen LogP contribution < -0.4 is 43.4 Å². The summed E-state index contributed by atoms with van der Waals surface area (Å²) in [6.45, 7) is 4.25. The summed E-state index contributed by atoms with van der Waals surface area (Å²) in [5.74, 6) is -8.90. The quantitative estimate of drug-likeness (QED) is 0.0375. The number of carbonyl (C=O) groups is 8. The summed E-state index contributed by atoms with van der Waals surface area (Å²) in [7, 11) is -0.861. The molecule has 21 nitrogen and oxygen atoms in total. The zero-order chi connectivity index (χ0) is 45.3. The summed E-state index contributed by atoms with van der Waals surface area (Å²) < 4.78 is 0. The predicted octanol–water partition coefficient (Wildman–Crippen LogP) is -4.11. The Labute approximate surface area is 347 Å². The van der Waals surface area contributed by atoms with Gasteiger partial charge in [0, 0.05) is 12.6 Å². The molecule has 14 N–H and O–H groups in total. The van der Waals surface area contributed by atoms with Crippen molar-refractivity contribution in [2.24, 2.45) is 11.5 Å². The van der Waals surface area contributed by atoms with Crippen LogP contribution in [-0.4, -0.2) is 142 Å². The van der Waals surface area contributed by atoms with Crippen LogP contribution in [0.5, 0.6) is 0 Å². The van der Waals surface area contributed by atoms with E-state index in [2.05, 4.69) is 51.0 Å². The smallest absolute Gasteiger partial charge is 0.426 e. The van der Waals surface area contributed by atoms with Gasteiger partial charge in [-0.1, -0.05) is 49.7 Å². The number of benzene rings is 2. The number of nitrogens with one attached hydrogen (secondary N) is 6. The Morgan fingerprint density at radius 1 is 0.750 bits per heavy atom. The van der Waals surface area contributed by atoms with Crippen LogP contribution in [0.1, 0.15) is 62.9 Å². The first-order valence-electron chi connectivity index (χ1n) is 19.1. The van der Waals surface area contributed by atoms with Gasteiger partial charge < -0.3 is 68.5 Å². The van der Waals surface area contributed by atoms with Crippen LogP contribution in [0, 0.1) is 0 Å². The standard InChI is InChI=1S/C38H56BN9O12/c1-6-7-8-23-9-11-24(12-10-23)25-13-15-26(16-14-25)34(54)46-28(19-49)36(56)43-20(2)33(53)42-18-30(52)48(5)31(21(3)50)37(57)47-32(41)38(58)45-27(17-29(40)51)35(55)44-22(4)39(59)60/h9-16,20-22,27-28,31-32,49-50,59-60H,6-8,17-19,41H2,1-5H3,(H2,40,51)(H,42,53)(H,43,56)(H,44,55)(H,45,58)(H,46,54)(H,47,57). The van der Waals surface area contributed by atoms with E-state index >= 15 is 0 Å². The molecular weight excluding hydrogens is 785 g/mol. The molecule has 0 aromatic heterocycles. The van der Waals surface area contributed by atoms with Gasteiger partial charge in [-0.05, 0) is 62.4 Å². The number of aliphatic hydroxyl groups excluding tert-OH is 2. The number of aliphatic hydroxyl groups is 2. The van der Waals surface area contributed by atoms with E-state index in [-0.39, 0.29) is 5.56 Å². The predicted molar refractivity (Wildman–Crippen MR) is 217 cm³/mol. The molecule has 0 spiro atoms. The van der Waals surface area contributed by atoms with Crippen molar-refractivity contribution in [2.45, 2.75) is 95.8 Å². The number of carbonyl (C=O) groups excluding carboxylic acids is 8. The maximum absolute atomic E-state index is 13.1. The number of amides is 8. The molecule has 7 atom stereocenters. The van der Waals surface area contributed by atoms with Crippen LogP contribution >= 0.6 is 0 Å². The Morgan fingerprint density at radius 3 is 1.83 bits per heavy atom. The molecule has 8 amide bonds. The van der Waals surface area contributed by atoms with Gasteiger partial charge >= 0.3 is 7.12 Å². The zero-order valence-electron chi connectivity index (χ0n) is 34.1. The fraction of sp³-hybridized carbons (Fsp3) is 0.474. The second-order valence-electron chi connectivity index (χ2n) is 14.2. The molecule has 0 aliphatic carbocycles. The van der Waals surface area contributed by atoms with Crippen molar-refractivity contribution in [1.82, 2.24) is 36.8 Å². The van der Waals surface area contributed by atoms with E-state index in [9.17, 15) is 58.6 Å². The average molecular weight is 842 g/mol. The van der Waals surface area contributed by atoms with E-state index in [4.69, 9.17) is 11.5 Å². The highest BCUT2D eigenvalue weighted by Gasteiger charge is 2.35. The molecule has 0 aliphatic heterocycles. The van der Waals surface area contributed by atoms with Gasteiger partial charge in [0.1, 0.15) is 24.2 Å². The minimum absolute atomic E-state index is 0.220. The topological polar surface area (TPSA) is 345 Å². The van der Waals surface area contributed by atoms with E-state index in [0.717, 1.165) is 49.3 Å². The number of aryl methyl sites for hydroxylation is 1. The monoisotopic (exact) mass is 841 g/mol. The van der Waals surface area contributed by atoms with Crippen LogP contribution in [-0.2, 0) is 40.0 Å². The second kappa shape index (κ2) is 24.2. The fourth-order valence-corrected chi connectivity index (χ4v) is 5.56. The van der Waals surface area contributed by atoms with Gasteiger partial charge in [0.25, 0.3) is 11.8 Å². The molecule has 328 valence electrons. The van der Waals surface area contributed by atoms with Crippen molar-refractivity contribution in [3.63, 3.8) is 0 Å². The summed E-state index contributed by atoms with van der Waals surface area (Å²) >= 11 is 0. The SMILES string of the molecule is CCCCc1ccc(-c2ccc(C(=O)NC(CO)C(=O)NC(C)C(=O)NCC(=O)N(C)C(C(=O)NC(N)C(=O)NC(CC(N)=O)C(=O)NC(C)B(O)O)C(C)O)cc2)cc1. The third-order valence-electron chi connectivity index (χ3n) is 9.20. The Balaban J connectivity index is 1.94. The van der Waals surface area contributed by atoms with Crippen LogP contribution in [0.25, 0.3) is 11.1 Å². The van der Waals surface area contributed by atoms with Crippen molar-refractivity contribution in [2.75, 3.05) is 20.2 Å². The largest absolute Gasteiger partial charge is 0.475 e. The van der Waals surface area contributed by atoms with Gasteiger partial charge in [-0.15, -0.1) is 0 Å². The number of likely N-dealkylation sites (N-methyl/N-ethyl adjacent to an activating group) is 1. The maximum atomic E-state index is 13.1. The lowest BCUT2D eigenvalue weighted by atomic mass is 9.81. The summed E-state index contributed by atoms with van der Waals surface area (Å²) in [6, 6.07) is 8.76. The number of nitrogens with zero attached hydrogens (tertiary/aromatic N) is 1. The number of nitrogens with two attached hydrogens (primary N) is 2. The molecule has 22 heteroatoms. The molecule has 0 fully saturated rings. The summed E-state index contributed by atoms with van der Waals surface area (Å²) in [5.41, 5.74) is 14.2. The molecule has 0 saturated heterocycles.